The number of carbonyl (C=O) groups is 2. The summed E-state index contributed by atoms with van der Waals surface area (Å²) in [6.45, 7) is 1.70. The first kappa shape index (κ1) is 18.8. The predicted molar refractivity (Wildman–Crippen MR) is 109 cm³/mol. The van der Waals surface area contributed by atoms with Gasteiger partial charge in [0.2, 0.25) is 0 Å². The second kappa shape index (κ2) is 7.22. The number of hydrogen-bond acceptors (Lipinski definition) is 3. The maximum Gasteiger partial charge on any atom is 0.333 e. The van der Waals surface area contributed by atoms with E-state index in [0.29, 0.717) is 5.75 Å². The molecular formula is C23H31N3O3. The average molecular weight is 398 g/mol. The lowest BCUT2D eigenvalue weighted by Crippen LogP contribution is -2.63. The Morgan fingerprint density at radius 3 is 2.34 bits per heavy atom. The Bertz CT molecular complexity index is 786. The number of rotatable bonds is 4. The number of fused-ring (bicyclic) bond motifs is 1. The Hall–Kier alpha value is -2.24. The molecule has 0 unspecified atom stereocenters. The normalized spacial score (nSPS) is 32.4. The quantitative estimate of drug-likeness (QED) is 0.683. The van der Waals surface area contributed by atoms with Gasteiger partial charge in [0.05, 0.1) is 0 Å². The van der Waals surface area contributed by atoms with Crippen LogP contribution in [0.5, 0.6) is 5.75 Å². The summed E-state index contributed by atoms with van der Waals surface area (Å²) < 4.78 is 5.78. The van der Waals surface area contributed by atoms with Crippen LogP contribution in [-0.4, -0.2) is 23.6 Å². The lowest BCUT2D eigenvalue weighted by atomic mass is 9.53. The molecule has 0 saturated heterocycles. The molecule has 29 heavy (non-hydrogen) atoms. The molecule has 1 atom stereocenters. The Morgan fingerprint density at radius 2 is 1.66 bits per heavy atom. The van der Waals surface area contributed by atoms with Crippen LogP contribution >= 0.6 is 0 Å². The van der Waals surface area contributed by atoms with Crippen LogP contribution in [0.3, 0.4) is 0 Å². The van der Waals surface area contributed by atoms with Gasteiger partial charge in [-0.15, -0.1) is 0 Å². The number of carbonyl (C=O) groups excluding carboxylic acids is 2. The smallest absolute Gasteiger partial charge is 0.333 e. The van der Waals surface area contributed by atoms with Gasteiger partial charge in [0.15, 0.2) is 6.10 Å². The maximum atomic E-state index is 12.5. The molecule has 0 aliphatic heterocycles. The molecule has 6 heteroatoms. The van der Waals surface area contributed by atoms with Gasteiger partial charge in [0.1, 0.15) is 5.75 Å². The van der Waals surface area contributed by atoms with E-state index in [-0.39, 0.29) is 17.5 Å². The summed E-state index contributed by atoms with van der Waals surface area (Å²) in [6.07, 6.45) is 9.92. The Balaban J connectivity index is 1.11. The predicted octanol–water partition coefficient (Wildman–Crippen LogP) is 3.24. The van der Waals surface area contributed by atoms with E-state index in [9.17, 15) is 9.59 Å². The second-order valence-electron chi connectivity index (χ2n) is 9.81. The molecule has 1 aromatic carbocycles. The van der Waals surface area contributed by atoms with Crippen LogP contribution in [0, 0.1) is 17.8 Å². The third kappa shape index (κ3) is 3.81. The van der Waals surface area contributed by atoms with Crippen LogP contribution in [0.4, 0.5) is 4.79 Å². The molecule has 5 aliphatic carbocycles. The second-order valence-corrected chi connectivity index (χ2v) is 9.81. The van der Waals surface area contributed by atoms with Gasteiger partial charge in [-0.1, -0.05) is 6.07 Å². The van der Waals surface area contributed by atoms with Crippen LogP contribution < -0.4 is 20.9 Å². The maximum absolute atomic E-state index is 12.5. The minimum atomic E-state index is -0.686. The molecule has 5 aliphatic rings. The summed E-state index contributed by atoms with van der Waals surface area (Å²) in [5, 5.41) is 3.19. The van der Waals surface area contributed by atoms with Crippen molar-refractivity contribution in [2.45, 2.75) is 76.4 Å². The van der Waals surface area contributed by atoms with Crippen LogP contribution in [0.25, 0.3) is 0 Å². The van der Waals surface area contributed by atoms with Gasteiger partial charge in [0.25, 0.3) is 5.91 Å². The molecule has 0 radical (unpaired) electrons. The fraction of sp³-hybridized carbons (Fsp3) is 0.652. The summed E-state index contributed by atoms with van der Waals surface area (Å²) in [5.74, 6) is 2.63. The zero-order valence-corrected chi connectivity index (χ0v) is 17.1. The zero-order chi connectivity index (χ0) is 20.0. The van der Waals surface area contributed by atoms with E-state index in [1.54, 1.807) is 6.92 Å². The summed E-state index contributed by atoms with van der Waals surface area (Å²) in [6, 6.07) is 5.71. The van der Waals surface area contributed by atoms with Crippen molar-refractivity contribution in [1.82, 2.24) is 16.2 Å². The SMILES string of the molecule is C[C@@H](Oc1ccc2c(c1)CCC2)C(=O)NNC(=O)NC12CC3CC(CC(C3)C1)C2. The molecule has 6 nitrogen and oxygen atoms in total. The van der Waals surface area contributed by atoms with Crippen molar-refractivity contribution in [2.24, 2.45) is 17.8 Å². The number of nitrogens with one attached hydrogen (secondary N) is 3. The van der Waals surface area contributed by atoms with Crippen molar-refractivity contribution in [3.05, 3.63) is 29.3 Å². The van der Waals surface area contributed by atoms with Crippen LogP contribution in [0.1, 0.15) is 63.0 Å². The van der Waals surface area contributed by atoms with Crippen LogP contribution in [0.15, 0.2) is 18.2 Å². The minimum absolute atomic E-state index is 0.0733. The lowest BCUT2D eigenvalue weighted by molar-refractivity contribution is -0.128. The number of ether oxygens (including phenoxy) is 1. The van der Waals surface area contributed by atoms with E-state index in [4.69, 9.17) is 4.74 Å². The molecule has 4 fully saturated rings. The standard InChI is InChI=1S/C23H31N3O3/c1-14(29-20-6-5-18-3-2-4-19(18)10-20)21(27)25-26-22(28)24-23-11-15-7-16(12-23)9-17(8-15)13-23/h5-6,10,14-17H,2-4,7-9,11-13H2,1H3,(H,25,27)(H2,24,26,28)/t14-,15?,16?,17?,23?/m1/s1. The lowest BCUT2D eigenvalue weighted by Gasteiger charge is -2.56. The van der Waals surface area contributed by atoms with E-state index < -0.39 is 6.10 Å². The largest absolute Gasteiger partial charge is 0.481 e. The number of amides is 3. The number of urea groups is 1. The summed E-state index contributed by atoms with van der Waals surface area (Å²) >= 11 is 0. The molecule has 0 spiro atoms. The number of hydrogen-bond donors (Lipinski definition) is 3. The van der Waals surface area contributed by atoms with E-state index >= 15 is 0 Å². The van der Waals surface area contributed by atoms with Crippen LogP contribution in [0.2, 0.25) is 0 Å². The van der Waals surface area contributed by atoms with E-state index in [1.165, 1.54) is 36.8 Å². The Labute approximate surface area is 172 Å². The fourth-order valence-electron chi connectivity index (χ4n) is 6.63. The van der Waals surface area contributed by atoms with Crippen LogP contribution in [-0.2, 0) is 17.6 Å². The zero-order valence-electron chi connectivity index (χ0n) is 17.1. The highest BCUT2D eigenvalue weighted by atomic mass is 16.5. The molecule has 3 N–H and O–H groups in total. The first-order valence-corrected chi connectivity index (χ1v) is 11.1. The van der Waals surface area contributed by atoms with Gasteiger partial charge >= 0.3 is 6.03 Å². The summed E-state index contributed by atoms with van der Waals surface area (Å²) in [7, 11) is 0. The van der Waals surface area contributed by atoms with E-state index in [2.05, 4.69) is 22.2 Å². The average Bonchev–Trinajstić information content (AvgIpc) is 3.12. The summed E-state index contributed by atoms with van der Waals surface area (Å²) in [5.41, 5.74) is 7.66. The van der Waals surface area contributed by atoms with Crippen molar-refractivity contribution in [3.63, 3.8) is 0 Å². The van der Waals surface area contributed by atoms with Gasteiger partial charge in [-0.05, 0) is 106 Å². The van der Waals surface area contributed by atoms with Gasteiger partial charge in [0, 0.05) is 5.54 Å². The monoisotopic (exact) mass is 397 g/mol. The first-order valence-electron chi connectivity index (χ1n) is 11.1. The minimum Gasteiger partial charge on any atom is -0.481 e. The van der Waals surface area contributed by atoms with Gasteiger partial charge in [-0.3, -0.25) is 10.2 Å². The van der Waals surface area contributed by atoms with Crippen molar-refractivity contribution in [1.29, 1.82) is 0 Å². The highest BCUT2D eigenvalue weighted by Gasteiger charge is 2.51. The third-order valence-electron chi connectivity index (χ3n) is 7.47. The van der Waals surface area contributed by atoms with E-state index in [0.717, 1.165) is 49.9 Å². The Morgan fingerprint density at radius 1 is 1.00 bits per heavy atom. The van der Waals surface area contributed by atoms with E-state index in [1.807, 2.05) is 12.1 Å². The van der Waals surface area contributed by atoms with Gasteiger partial charge in [-0.25, -0.2) is 10.2 Å². The molecule has 4 saturated carbocycles. The molecule has 156 valence electrons. The fourth-order valence-corrected chi connectivity index (χ4v) is 6.63. The molecule has 0 aromatic heterocycles. The topological polar surface area (TPSA) is 79.5 Å². The highest BCUT2D eigenvalue weighted by Crippen LogP contribution is 2.55. The molecule has 0 heterocycles. The third-order valence-corrected chi connectivity index (χ3v) is 7.47. The number of benzene rings is 1. The van der Waals surface area contributed by atoms with Crippen molar-refractivity contribution < 1.29 is 14.3 Å². The molecule has 4 bridgehead atoms. The molecule has 6 rings (SSSR count). The number of hydrazine groups is 1. The van der Waals surface area contributed by atoms with Crippen molar-refractivity contribution in [2.75, 3.05) is 0 Å². The molecular weight excluding hydrogens is 366 g/mol. The summed E-state index contributed by atoms with van der Waals surface area (Å²) in [4.78, 5) is 24.8. The van der Waals surface area contributed by atoms with Gasteiger partial charge in [-0.2, -0.15) is 0 Å². The molecule has 3 amide bonds. The molecule has 1 aromatic rings. The number of aryl methyl sites for hydroxylation is 2. The van der Waals surface area contributed by atoms with Crippen molar-refractivity contribution in [3.8, 4) is 5.75 Å². The Kier molecular flexibility index (Phi) is 4.67. The first-order chi connectivity index (χ1) is 14.0. The van der Waals surface area contributed by atoms with Crippen molar-refractivity contribution >= 4 is 11.9 Å². The highest BCUT2D eigenvalue weighted by molar-refractivity contribution is 5.84. The van der Waals surface area contributed by atoms with Gasteiger partial charge < -0.3 is 10.1 Å².